The van der Waals surface area contributed by atoms with Crippen molar-refractivity contribution in [2.24, 2.45) is 0 Å². The maximum atomic E-state index is 12.4. The summed E-state index contributed by atoms with van der Waals surface area (Å²) in [7, 11) is -4.19. The van der Waals surface area contributed by atoms with Crippen LogP contribution in [0.4, 0.5) is 14.5 Å². The number of anilines is 1. The number of benzene rings is 2. The van der Waals surface area contributed by atoms with E-state index >= 15 is 0 Å². The van der Waals surface area contributed by atoms with Crippen LogP contribution in [0.25, 0.3) is 0 Å². The normalized spacial score (nSPS) is 11.6. The molecule has 0 amide bonds. The van der Waals surface area contributed by atoms with E-state index in [1.807, 2.05) is 0 Å². The molecule has 0 bridgehead atoms. The zero-order valence-electron chi connectivity index (χ0n) is 11.1. The van der Waals surface area contributed by atoms with Gasteiger partial charge in [-0.3, -0.25) is 4.72 Å². The SMILES string of the molecule is O=S(=O)(Nc1ccccc1OC(F)F)c1cc(Cl)c(Cl)cc1Cl. The van der Waals surface area contributed by atoms with Gasteiger partial charge in [0.2, 0.25) is 0 Å². The van der Waals surface area contributed by atoms with Crippen molar-refractivity contribution in [3.8, 4) is 5.75 Å². The van der Waals surface area contributed by atoms with Crippen molar-refractivity contribution < 1.29 is 21.9 Å². The van der Waals surface area contributed by atoms with Crippen LogP contribution < -0.4 is 9.46 Å². The highest BCUT2D eigenvalue weighted by molar-refractivity contribution is 7.92. The smallest absolute Gasteiger partial charge is 0.387 e. The van der Waals surface area contributed by atoms with E-state index < -0.39 is 16.6 Å². The minimum absolute atomic E-state index is 0.0199. The predicted octanol–water partition coefficient (Wildman–Crippen LogP) is 5.05. The first-order valence-electron chi connectivity index (χ1n) is 5.92. The molecule has 2 aromatic rings. The number of rotatable bonds is 5. The molecule has 10 heteroatoms. The molecule has 0 aliphatic heterocycles. The standard InChI is InChI=1S/C13H8Cl3F2NO3S/c14-7-5-9(16)12(6-8(7)15)23(20,21)19-10-3-1-2-4-11(10)22-13(17)18/h1-6,13,19H. The Bertz CT molecular complexity index is 831. The van der Waals surface area contributed by atoms with E-state index in [2.05, 4.69) is 9.46 Å². The number of nitrogens with one attached hydrogen (secondary N) is 1. The first kappa shape index (κ1) is 18.1. The minimum Gasteiger partial charge on any atom is -0.433 e. The molecule has 0 saturated carbocycles. The summed E-state index contributed by atoms with van der Waals surface area (Å²) in [6.07, 6.45) is 0. The molecule has 0 saturated heterocycles. The molecule has 23 heavy (non-hydrogen) atoms. The van der Waals surface area contributed by atoms with Crippen molar-refractivity contribution in [2.45, 2.75) is 11.5 Å². The number of hydrogen-bond donors (Lipinski definition) is 1. The van der Waals surface area contributed by atoms with Gasteiger partial charge < -0.3 is 4.74 Å². The van der Waals surface area contributed by atoms with Gasteiger partial charge >= 0.3 is 6.61 Å². The molecule has 124 valence electrons. The molecule has 1 N–H and O–H groups in total. The number of hydrogen-bond acceptors (Lipinski definition) is 3. The lowest BCUT2D eigenvalue weighted by atomic mass is 10.3. The molecule has 0 radical (unpaired) electrons. The molecule has 0 spiro atoms. The van der Waals surface area contributed by atoms with Gasteiger partial charge in [0.1, 0.15) is 10.6 Å². The van der Waals surface area contributed by atoms with E-state index in [0.717, 1.165) is 6.07 Å². The highest BCUT2D eigenvalue weighted by Gasteiger charge is 2.22. The lowest BCUT2D eigenvalue weighted by Gasteiger charge is -2.14. The monoisotopic (exact) mass is 401 g/mol. The van der Waals surface area contributed by atoms with Crippen molar-refractivity contribution in [3.05, 3.63) is 51.5 Å². The molecule has 0 atom stereocenters. The molecule has 0 fully saturated rings. The largest absolute Gasteiger partial charge is 0.433 e. The summed E-state index contributed by atoms with van der Waals surface area (Å²) >= 11 is 17.4. The Morgan fingerprint density at radius 1 is 1.00 bits per heavy atom. The number of ether oxygens (including phenoxy) is 1. The summed E-state index contributed by atoms with van der Waals surface area (Å²) in [6, 6.07) is 7.56. The van der Waals surface area contributed by atoms with E-state index in [4.69, 9.17) is 34.8 Å². The third-order valence-corrected chi connectivity index (χ3v) is 5.16. The van der Waals surface area contributed by atoms with Gasteiger partial charge in [-0.1, -0.05) is 46.9 Å². The van der Waals surface area contributed by atoms with Gasteiger partial charge in [-0.05, 0) is 24.3 Å². The Hall–Kier alpha value is -1.28. The number of halogens is 5. The van der Waals surface area contributed by atoms with Gasteiger partial charge in [-0.2, -0.15) is 8.78 Å². The Balaban J connectivity index is 2.42. The molecule has 0 aromatic heterocycles. The molecule has 2 rings (SSSR count). The van der Waals surface area contributed by atoms with Crippen molar-refractivity contribution in [2.75, 3.05) is 4.72 Å². The van der Waals surface area contributed by atoms with Crippen molar-refractivity contribution in [1.82, 2.24) is 0 Å². The van der Waals surface area contributed by atoms with Crippen LogP contribution in [0.3, 0.4) is 0 Å². The average molecular weight is 403 g/mol. The minimum atomic E-state index is -4.19. The van der Waals surface area contributed by atoms with Gasteiger partial charge in [-0.15, -0.1) is 0 Å². The fraction of sp³-hybridized carbons (Fsp3) is 0.0769. The second-order valence-corrected chi connectivity index (χ2v) is 7.05. The van der Waals surface area contributed by atoms with Crippen molar-refractivity contribution in [3.63, 3.8) is 0 Å². The van der Waals surface area contributed by atoms with E-state index in [0.29, 0.717) is 0 Å². The molecule has 0 aliphatic carbocycles. The zero-order valence-corrected chi connectivity index (χ0v) is 14.1. The second kappa shape index (κ2) is 7.09. The van der Waals surface area contributed by atoms with Crippen LogP contribution >= 0.6 is 34.8 Å². The zero-order chi connectivity index (χ0) is 17.2. The Morgan fingerprint density at radius 3 is 2.26 bits per heavy atom. The Morgan fingerprint density at radius 2 is 1.61 bits per heavy atom. The van der Waals surface area contributed by atoms with Crippen LogP contribution in [-0.4, -0.2) is 15.0 Å². The summed E-state index contributed by atoms with van der Waals surface area (Å²) in [5, 5.41) is -0.107. The highest BCUT2D eigenvalue weighted by atomic mass is 35.5. The molecule has 4 nitrogen and oxygen atoms in total. The van der Waals surface area contributed by atoms with Crippen molar-refractivity contribution in [1.29, 1.82) is 0 Å². The molecule has 0 unspecified atom stereocenters. The average Bonchev–Trinajstić information content (AvgIpc) is 2.44. The van der Waals surface area contributed by atoms with Crippen LogP contribution in [0, 0.1) is 0 Å². The summed E-state index contributed by atoms with van der Waals surface area (Å²) < 4.78 is 55.9. The molecule has 2 aromatic carbocycles. The quantitative estimate of drug-likeness (QED) is 0.712. The maximum Gasteiger partial charge on any atom is 0.387 e. The van der Waals surface area contributed by atoms with Gasteiger partial charge in [0.05, 0.1) is 20.8 Å². The van der Waals surface area contributed by atoms with Crippen LogP contribution in [0.2, 0.25) is 15.1 Å². The predicted molar refractivity (Wildman–Crippen MR) is 85.4 cm³/mol. The van der Waals surface area contributed by atoms with Crippen molar-refractivity contribution >= 4 is 50.5 Å². The van der Waals surface area contributed by atoms with Crippen LogP contribution in [0.1, 0.15) is 0 Å². The molecular formula is C13H8Cl3F2NO3S. The summed E-state index contributed by atoms with van der Waals surface area (Å²) in [5.41, 5.74) is -0.171. The topological polar surface area (TPSA) is 55.4 Å². The maximum absolute atomic E-state index is 12.4. The van der Waals surface area contributed by atoms with E-state index in [-0.39, 0.29) is 31.4 Å². The third-order valence-electron chi connectivity index (χ3n) is 2.61. The first-order valence-corrected chi connectivity index (χ1v) is 8.53. The Kier molecular flexibility index (Phi) is 5.57. The van der Waals surface area contributed by atoms with E-state index in [1.54, 1.807) is 0 Å². The fourth-order valence-corrected chi connectivity index (χ4v) is 3.73. The first-order chi connectivity index (χ1) is 10.7. The Labute approximate surface area is 146 Å². The van der Waals surface area contributed by atoms with Gasteiger partial charge in [0, 0.05) is 0 Å². The lowest BCUT2D eigenvalue weighted by molar-refractivity contribution is -0.0493. The second-order valence-electron chi connectivity index (χ2n) is 4.18. The van der Waals surface area contributed by atoms with E-state index in [1.165, 1.54) is 30.3 Å². The van der Waals surface area contributed by atoms with Gasteiger partial charge in [-0.25, -0.2) is 8.42 Å². The summed E-state index contributed by atoms with van der Waals surface area (Å²) in [6.45, 7) is -3.10. The third kappa shape index (κ3) is 4.38. The molecular weight excluding hydrogens is 395 g/mol. The van der Waals surface area contributed by atoms with Gasteiger partial charge in [0.15, 0.2) is 0 Å². The molecule has 0 aliphatic rings. The summed E-state index contributed by atoms with van der Waals surface area (Å²) in [4.78, 5) is -0.347. The fourth-order valence-electron chi connectivity index (χ4n) is 1.66. The molecule has 0 heterocycles. The van der Waals surface area contributed by atoms with E-state index in [9.17, 15) is 17.2 Å². The highest BCUT2D eigenvalue weighted by Crippen LogP contribution is 2.34. The van der Waals surface area contributed by atoms with Gasteiger partial charge in [0.25, 0.3) is 10.0 Å². The summed E-state index contributed by atoms with van der Waals surface area (Å²) in [5.74, 6) is -0.331. The van der Waals surface area contributed by atoms with Crippen LogP contribution in [0.5, 0.6) is 5.75 Å². The van der Waals surface area contributed by atoms with Crippen LogP contribution in [0.15, 0.2) is 41.3 Å². The number of para-hydroxylation sites is 2. The number of sulfonamides is 1. The van der Waals surface area contributed by atoms with Crippen LogP contribution in [-0.2, 0) is 10.0 Å². The lowest BCUT2D eigenvalue weighted by Crippen LogP contribution is -2.15. The number of alkyl halides is 2.